The molecule has 0 bridgehead atoms. The summed E-state index contributed by atoms with van der Waals surface area (Å²) in [4.78, 5) is 4.56. The van der Waals surface area contributed by atoms with Gasteiger partial charge in [0.05, 0.1) is 7.11 Å². The van der Waals surface area contributed by atoms with Gasteiger partial charge in [-0.1, -0.05) is 38.1 Å². The zero-order chi connectivity index (χ0) is 14.4. The molecule has 0 aliphatic heterocycles. The zero-order valence-corrected chi connectivity index (χ0v) is 12.5. The minimum Gasteiger partial charge on any atom is -0.496 e. The molecule has 0 saturated heterocycles. The number of methoxy groups -OCH3 is 1. The van der Waals surface area contributed by atoms with E-state index < -0.39 is 0 Å². The first-order chi connectivity index (χ1) is 9.81. The molecule has 2 heteroatoms. The third kappa shape index (κ3) is 3.01. The fourth-order valence-corrected chi connectivity index (χ4v) is 2.99. The van der Waals surface area contributed by atoms with Gasteiger partial charge >= 0.3 is 0 Å². The van der Waals surface area contributed by atoms with E-state index in [1.54, 1.807) is 7.11 Å². The number of nitrogens with zero attached hydrogens (tertiary/aromatic N) is 1. The second kappa shape index (κ2) is 7.09. The van der Waals surface area contributed by atoms with Crippen LogP contribution in [0.15, 0.2) is 48.7 Å². The van der Waals surface area contributed by atoms with Crippen LogP contribution in [0.25, 0.3) is 0 Å². The van der Waals surface area contributed by atoms with Crippen LogP contribution in [-0.4, -0.2) is 12.1 Å². The Morgan fingerprint density at radius 1 is 0.950 bits per heavy atom. The molecule has 0 spiro atoms. The van der Waals surface area contributed by atoms with Crippen LogP contribution in [-0.2, 0) is 0 Å². The van der Waals surface area contributed by atoms with E-state index in [0.717, 1.165) is 18.6 Å². The average Bonchev–Trinajstić information content (AvgIpc) is 2.53. The fourth-order valence-electron chi connectivity index (χ4n) is 2.99. The van der Waals surface area contributed by atoms with Gasteiger partial charge in [0.25, 0.3) is 0 Å². The molecule has 0 radical (unpaired) electrons. The summed E-state index contributed by atoms with van der Waals surface area (Å²) >= 11 is 0. The number of ether oxygens (including phenoxy) is 1. The van der Waals surface area contributed by atoms with Crippen LogP contribution in [0.3, 0.4) is 0 Å². The smallest absolute Gasteiger partial charge is 0.122 e. The molecule has 0 aliphatic carbocycles. The van der Waals surface area contributed by atoms with Gasteiger partial charge in [-0.05, 0) is 42.5 Å². The highest BCUT2D eigenvalue weighted by Gasteiger charge is 2.25. The number of hydrogen-bond donors (Lipinski definition) is 0. The van der Waals surface area contributed by atoms with Crippen LogP contribution in [0.2, 0.25) is 0 Å². The summed E-state index contributed by atoms with van der Waals surface area (Å²) in [5, 5.41) is 0. The number of benzene rings is 1. The molecule has 106 valence electrons. The first-order valence-electron chi connectivity index (χ1n) is 7.35. The number of para-hydroxylation sites is 1. The summed E-state index contributed by atoms with van der Waals surface area (Å²) in [5.74, 6) is 1.84. The van der Waals surface area contributed by atoms with Crippen molar-refractivity contribution in [1.82, 2.24) is 4.98 Å². The Morgan fingerprint density at radius 3 is 2.25 bits per heavy atom. The van der Waals surface area contributed by atoms with E-state index in [1.807, 2.05) is 24.4 Å². The van der Waals surface area contributed by atoms with E-state index in [1.165, 1.54) is 11.3 Å². The third-order valence-corrected chi connectivity index (χ3v) is 3.97. The van der Waals surface area contributed by atoms with Gasteiger partial charge in [0.1, 0.15) is 5.75 Å². The van der Waals surface area contributed by atoms with Crippen LogP contribution >= 0.6 is 0 Å². The quantitative estimate of drug-likeness (QED) is 0.753. The molecule has 0 amide bonds. The lowest BCUT2D eigenvalue weighted by molar-refractivity contribution is 0.395. The second-order valence-electron chi connectivity index (χ2n) is 5.03. The molecule has 1 aromatic heterocycles. The van der Waals surface area contributed by atoms with Crippen molar-refractivity contribution in [2.75, 3.05) is 7.11 Å². The molecule has 0 aliphatic rings. The lowest BCUT2D eigenvalue weighted by Crippen LogP contribution is -2.12. The Labute approximate surface area is 121 Å². The maximum atomic E-state index is 5.54. The molecule has 1 aromatic carbocycles. The van der Waals surface area contributed by atoms with Gasteiger partial charge in [-0.15, -0.1) is 0 Å². The number of hydrogen-bond acceptors (Lipinski definition) is 2. The lowest BCUT2D eigenvalue weighted by Gasteiger charge is -2.26. The molecular formula is C18H23NO. The Hall–Kier alpha value is -1.83. The molecule has 2 atom stereocenters. The van der Waals surface area contributed by atoms with Crippen LogP contribution in [0.5, 0.6) is 5.75 Å². The molecule has 2 nitrogen and oxygen atoms in total. The van der Waals surface area contributed by atoms with Crippen molar-refractivity contribution in [2.24, 2.45) is 0 Å². The topological polar surface area (TPSA) is 22.1 Å². The van der Waals surface area contributed by atoms with E-state index in [4.69, 9.17) is 4.74 Å². The Kier molecular flexibility index (Phi) is 5.16. The number of pyridine rings is 1. The molecule has 1 heterocycles. The molecule has 2 aromatic rings. The zero-order valence-electron chi connectivity index (χ0n) is 12.5. The van der Waals surface area contributed by atoms with Crippen LogP contribution < -0.4 is 4.74 Å². The second-order valence-corrected chi connectivity index (χ2v) is 5.03. The van der Waals surface area contributed by atoms with E-state index in [2.05, 4.69) is 43.1 Å². The van der Waals surface area contributed by atoms with Crippen molar-refractivity contribution in [1.29, 1.82) is 0 Å². The van der Waals surface area contributed by atoms with Crippen molar-refractivity contribution >= 4 is 0 Å². The van der Waals surface area contributed by atoms with Gasteiger partial charge in [0.2, 0.25) is 0 Å². The summed E-state index contributed by atoms with van der Waals surface area (Å²) < 4.78 is 5.54. The molecular weight excluding hydrogens is 246 g/mol. The van der Waals surface area contributed by atoms with Crippen LogP contribution in [0.1, 0.15) is 49.8 Å². The van der Waals surface area contributed by atoms with Crippen molar-refractivity contribution in [3.05, 3.63) is 59.9 Å². The Bertz CT molecular complexity index is 524. The van der Waals surface area contributed by atoms with E-state index in [-0.39, 0.29) is 0 Å². The normalized spacial score (nSPS) is 13.8. The van der Waals surface area contributed by atoms with Crippen molar-refractivity contribution in [3.8, 4) is 5.75 Å². The predicted octanol–water partition coefficient (Wildman–Crippen LogP) is 4.78. The molecule has 0 unspecified atom stereocenters. The summed E-state index contributed by atoms with van der Waals surface area (Å²) in [6.07, 6.45) is 4.04. The first-order valence-corrected chi connectivity index (χ1v) is 7.35. The highest BCUT2D eigenvalue weighted by Crippen LogP contribution is 2.40. The van der Waals surface area contributed by atoms with Gasteiger partial charge in [-0.2, -0.15) is 0 Å². The van der Waals surface area contributed by atoms with Gasteiger partial charge in [0.15, 0.2) is 0 Å². The van der Waals surface area contributed by atoms with Gasteiger partial charge < -0.3 is 4.74 Å². The summed E-state index contributed by atoms with van der Waals surface area (Å²) in [6.45, 7) is 4.47. The van der Waals surface area contributed by atoms with E-state index >= 15 is 0 Å². The maximum Gasteiger partial charge on any atom is 0.122 e. The van der Waals surface area contributed by atoms with Gasteiger partial charge in [-0.3, -0.25) is 4.98 Å². The SMILES string of the molecule is CC[C@@H](c1ccccn1)[C@@H](CC)c1ccccc1OC. The minimum atomic E-state index is 0.428. The lowest BCUT2D eigenvalue weighted by atomic mass is 9.80. The third-order valence-electron chi connectivity index (χ3n) is 3.97. The molecule has 2 rings (SSSR count). The minimum absolute atomic E-state index is 0.428. The summed E-state index contributed by atoms with van der Waals surface area (Å²) in [7, 11) is 1.74. The van der Waals surface area contributed by atoms with Crippen molar-refractivity contribution < 1.29 is 4.74 Å². The van der Waals surface area contributed by atoms with Crippen LogP contribution in [0, 0.1) is 0 Å². The van der Waals surface area contributed by atoms with Crippen LogP contribution in [0.4, 0.5) is 0 Å². The molecule has 0 N–H and O–H groups in total. The van der Waals surface area contributed by atoms with Gasteiger partial charge in [-0.25, -0.2) is 0 Å². The molecule has 0 saturated carbocycles. The molecule has 20 heavy (non-hydrogen) atoms. The van der Waals surface area contributed by atoms with Crippen molar-refractivity contribution in [3.63, 3.8) is 0 Å². The highest BCUT2D eigenvalue weighted by molar-refractivity contribution is 5.38. The van der Waals surface area contributed by atoms with E-state index in [9.17, 15) is 0 Å². The standard InChI is InChI=1S/C18H23NO/c1-4-14(16-10-6-7-12-18(16)20-3)15(5-2)17-11-8-9-13-19-17/h6-15H,4-5H2,1-3H3/t14-,15-/m1/s1. The molecule has 0 fully saturated rings. The maximum absolute atomic E-state index is 5.54. The fraction of sp³-hybridized carbons (Fsp3) is 0.389. The average molecular weight is 269 g/mol. The number of aromatic nitrogens is 1. The Morgan fingerprint density at radius 2 is 1.65 bits per heavy atom. The summed E-state index contributed by atoms with van der Waals surface area (Å²) in [6, 6.07) is 14.5. The number of rotatable bonds is 6. The first kappa shape index (κ1) is 14.6. The summed E-state index contributed by atoms with van der Waals surface area (Å²) in [5.41, 5.74) is 2.46. The Balaban J connectivity index is 2.39. The monoisotopic (exact) mass is 269 g/mol. The van der Waals surface area contributed by atoms with E-state index in [0.29, 0.717) is 11.8 Å². The highest BCUT2D eigenvalue weighted by atomic mass is 16.5. The largest absolute Gasteiger partial charge is 0.496 e. The van der Waals surface area contributed by atoms with Gasteiger partial charge in [0, 0.05) is 17.8 Å². The van der Waals surface area contributed by atoms with Crippen molar-refractivity contribution in [2.45, 2.75) is 38.5 Å². The predicted molar refractivity (Wildman–Crippen MR) is 83.3 cm³/mol.